The number of fused-ring (bicyclic) bond motifs is 2. The molecule has 4 N–H and O–H groups in total. The first-order valence-corrected chi connectivity index (χ1v) is 8.63. The number of nitrogens with two attached hydrogens (primary N) is 1. The molecule has 5 heteroatoms. The summed E-state index contributed by atoms with van der Waals surface area (Å²) in [5.74, 6) is 0.149. The van der Waals surface area contributed by atoms with E-state index in [1.807, 2.05) is 13.0 Å². The van der Waals surface area contributed by atoms with Gasteiger partial charge in [-0.2, -0.15) is 0 Å². The smallest absolute Gasteiger partial charge is 0.426 e. The second kappa shape index (κ2) is 6.27. The largest absolute Gasteiger partial charge is 0.472 e. The van der Waals surface area contributed by atoms with Gasteiger partial charge in [0.05, 0.1) is 11.2 Å². The van der Waals surface area contributed by atoms with E-state index < -0.39 is 24.3 Å². The van der Waals surface area contributed by atoms with Crippen LogP contribution in [0.15, 0.2) is 12.7 Å². The number of hydrogen-bond acceptors (Lipinski definition) is 4. The minimum Gasteiger partial charge on any atom is -0.426 e. The third-order valence-electron chi connectivity index (χ3n) is 6.33. The molecule has 4 atom stereocenters. The van der Waals surface area contributed by atoms with Gasteiger partial charge in [-0.3, -0.25) is 0 Å². The van der Waals surface area contributed by atoms with E-state index in [2.05, 4.69) is 20.4 Å². The molecule has 3 saturated carbocycles. The highest BCUT2D eigenvalue weighted by atomic mass is 16.6. The van der Waals surface area contributed by atoms with Crippen LogP contribution < -0.4 is 5.73 Å². The minimum absolute atomic E-state index is 0.127. The molecule has 2 bridgehead atoms. The number of allylic oxidation sites excluding steroid dienone is 1. The maximum atomic E-state index is 10.9. The van der Waals surface area contributed by atoms with Gasteiger partial charge in [-0.05, 0) is 56.8 Å². The number of hydrogen-bond donors (Lipinski definition) is 3. The summed E-state index contributed by atoms with van der Waals surface area (Å²) in [6.07, 6.45) is 8.12. The zero-order valence-electron chi connectivity index (χ0n) is 14.3. The molecular formula is C17H32BNO3. The van der Waals surface area contributed by atoms with Gasteiger partial charge in [0.2, 0.25) is 0 Å². The van der Waals surface area contributed by atoms with Crippen LogP contribution in [0.4, 0.5) is 0 Å². The summed E-state index contributed by atoms with van der Waals surface area (Å²) in [5, 5.41) is 21.3. The van der Waals surface area contributed by atoms with E-state index in [1.165, 1.54) is 0 Å². The van der Waals surface area contributed by atoms with Crippen molar-refractivity contribution in [2.24, 2.45) is 17.1 Å². The Bertz CT molecular complexity index is 403. The van der Waals surface area contributed by atoms with Crippen molar-refractivity contribution < 1.29 is 14.8 Å². The molecule has 3 unspecified atom stereocenters. The molecule has 0 amide bonds. The number of rotatable bonds is 8. The average Bonchev–Trinajstić information content (AvgIpc) is 2.44. The fourth-order valence-corrected chi connectivity index (χ4v) is 4.53. The molecule has 0 heterocycles. The van der Waals surface area contributed by atoms with Crippen molar-refractivity contribution in [3.8, 4) is 0 Å². The van der Waals surface area contributed by atoms with Crippen LogP contribution in [0.3, 0.4) is 0 Å². The molecule has 0 aromatic carbocycles. The molecule has 3 aliphatic carbocycles. The van der Waals surface area contributed by atoms with Gasteiger partial charge in [0.1, 0.15) is 0 Å². The molecule has 0 aromatic rings. The quantitative estimate of drug-likeness (QED) is 0.366. The lowest BCUT2D eigenvalue weighted by Crippen LogP contribution is -2.77. The highest BCUT2D eigenvalue weighted by Crippen LogP contribution is 2.67. The molecule has 0 aromatic heterocycles. The Labute approximate surface area is 135 Å². The van der Waals surface area contributed by atoms with Crippen LogP contribution in [-0.4, -0.2) is 34.4 Å². The lowest BCUT2D eigenvalue weighted by atomic mass is 9.40. The summed E-state index contributed by atoms with van der Waals surface area (Å²) >= 11 is 0. The summed E-state index contributed by atoms with van der Waals surface area (Å²) in [6.45, 7) is 9.81. The number of aliphatic hydroxyl groups is 1. The Morgan fingerprint density at radius 3 is 2.64 bits per heavy atom. The van der Waals surface area contributed by atoms with Gasteiger partial charge in [-0.1, -0.05) is 26.3 Å². The van der Waals surface area contributed by atoms with Crippen molar-refractivity contribution in [1.82, 2.24) is 0 Å². The van der Waals surface area contributed by atoms with Gasteiger partial charge in [0.25, 0.3) is 0 Å². The molecule has 3 aliphatic rings. The molecular weight excluding hydrogens is 277 g/mol. The van der Waals surface area contributed by atoms with Crippen molar-refractivity contribution in [2.45, 2.75) is 82.9 Å². The topological polar surface area (TPSA) is 75.7 Å². The minimum atomic E-state index is -1.02. The lowest BCUT2D eigenvalue weighted by molar-refractivity contribution is -0.305. The molecule has 0 aliphatic heterocycles. The van der Waals surface area contributed by atoms with Crippen LogP contribution in [0.1, 0.15) is 65.7 Å². The van der Waals surface area contributed by atoms with E-state index >= 15 is 0 Å². The SMILES string of the molecule is C=CCCCC[C@@H](N)B(O)OC12CC(CCC1(C)O)C2(C)C. The first kappa shape index (κ1) is 18.0. The molecule has 0 saturated heterocycles. The van der Waals surface area contributed by atoms with Gasteiger partial charge < -0.3 is 20.5 Å². The van der Waals surface area contributed by atoms with Crippen molar-refractivity contribution >= 4 is 7.12 Å². The third-order valence-corrected chi connectivity index (χ3v) is 6.33. The van der Waals surface area contributed by atoms with Crippen LogP contribution in [0.25, 0.3) is 0 Å². The molecule has 126 valence electrons. The second-order valence-electron chi connectivity index (χ2n) is 8.01. The Kier molecular flexibility index (Phi) is 5.13. The standard InChI is InChI=1S/C17H32BNO3/c1-5-6-7-8-9-14(19)18(21)22-17-12-13(15(17,2)3)10-11-16(17,4)20/h5,13-14,20-21H,1,6-12,19H2,2-4H3/t13?,14-,16?,17?/m1/s1. The van der Waals surface area contributed by atoms with Gasteiger partial charge in [0.15, 0.2) is 0 Å². The first-order chi connectivity index (χ1) is 10.2. The Hall–Kier alpha value is -0.355. The van der Waals surface area contributed by atoms with E-state index in [0.29, 0.717) is 5.92 Å². The van der Waals surface area contributed by atoms with Crippen molar-refractivity contribution in [3.05, 3.63) is 12.7 Å². The zero-order chi connectivity index (χ0) is 16.6. The summed E-state index contributed by atoms with van der Waals surface area (Å²) in [7, 11) is -1.02. The van der Waals surface area contributed by atoms with Gasteiger partial charge in [0, 0.05) is 5.94 Å². The highest BCUT2D eigenvalue weighted by molar-refractivity contribution is 6.45. The third kappa shape index (κ3) is 2.77. The predicted octanol–water partition coefficient (Wildman–Crippen LogP) is 2.43. The Balaban J connectivity index is 1.97. The van der Waals surface area contributed by atoms with Crippen LogP contribution in [0, 0.1) is 11.3 Å². The van der Waals surface area contributed by atoms with Crippen LogP contribution in [0.2, 0.25) is 0 Å². The number of unbranched alkanes of at least 4 members (excludes halogenated alkanes) is 2. The normalized spacial score (nSPS) is 37.3. The highest BCUT2D eigenvalue weighted by Gasteiger charge is 2.71. The van der Waals surface area contributed by atoms with E-state index in [1.54, 1.807) is 0 Å². The van der Waals surface area contributed by atoms with E-state index in [-0.39, 0.29) is 5.41 Å². The van der Waals surface area contributed by atoms with E-state index in [0.717, 1.165) is 44.9 Å². The molecule has 0 spiro atoms. The predicted molar refractivity (Wildman–Crippen MR) is 90.2 cm³/mol. The van der Waals surface area contributed by atoms with Crippen molar-refractivity contribution in [2.75, 3.05) is 0 Å². The fraction of sp³-hybridized carbons (Fsp3) is 0.882. The molecule has 0 radical (unpaired) electrons. The Morgan fingerprint density at radius 2 is 2.09 bits per heavy atom. The van der Waals surface area contributed by atoms with Crippen LogP contribution in [0.5, 0.6) is 0 Å². The first-order valence-electron chi connectivity index (χ1n) is 8.63. The van der Waals surface area contributed by atoms with Gasteiger partial charge in [-0.15, -0.1) is 6.58 Å². The van der Waals surface area contributed by atoms with Gasteiger partial charge >= 0.3 is 7.12 Å². The molecule has 4 nitrogen and oxygen atoms in total. The summed E-state index contributed by atoms with van der Waals surface area (Å²) in [5.41, 5.74) is 4.37. The van der Waals surface area contributed by atoms with E-state index in [4.69, 9.17) is 10.4 Å². The lowest BCUT2D eigenvalue weighted by Gasteiger charge is -2.71. The van der Waals surface area contributed by atoms with Crippen LogP contribution in [-0.2, 0) is 4.65 Å². The second-order valence-corrected chi connectivity index (χ2v) is 8.01. The molecule has 22 heavy (non-hydrogen) atoms. The molecule has 3 fully saturated rings. The summed E-state index contributed by atoms with van der Waals surface area (Å²) < 4.78 is 6.05. The van der Waals surface area contributed by atoms with Crippen molar-refractivity contribution in [1.29, 1.82) is 0 Å². The summed E-state index contributed by atoms with van der Waals surface area (Å²) in [4.78, 5) is 0. The monoisotopic (exact) mass is 309 g/mol. The van der Waals surface area contributed by atoms with Crippen molar-refractivity contribution in [3.63, 3.8) is 0 Å². The van der Waals surface area contributed by atoms with Crippen LogP contribution >= 0.6 is 0 Å². The maximum Gasteiger partial charge on any atom is 0.472 e. The Morgan fingerprint density at radius 1 is 1.41 bits per heavy atom. The van der Waals surface area contributed by atoms with E-state index in [9.17, 15) is 10.1 Å². The average molecular weight is 309 g/mol. The molecule has 3 rings (SSSR count). The maximum absolute atomic E-state index is 10.9. The zero-order valence-corrected chi connectivity index (χ0v) is 14.3. The van der Waals surface area contributed by atoms with Gasteiger partial charge in [-0.25, -0.2) is 0 Å². The summed E-state index contributed by atoms with van der Waals surface area (Å²) in [6, 6.07) is 0. The fourth-order valence-electron chi connectivity index (χ4n) is 4.53.